The van der Waals surface area contributed by atoms with Crippen LogP contribution in [0.3, 0.4) is 0 Å². The van der Waals surface area contributed by atoms with Crippen LogP contribution in [0.1, 0.15) is 81.6 Å². The lowest BCUT2D eigenvalue weighted by atomic mass is 9.83. The number of rotatable bonds is 8. The molecule has 4 atom stereocenters. The van der Waals surface area contributed by atoms with Gasteiger partial charge in [-0.1, -0.05) is 32.1 Å². The molecule has 3 aliphatic rings. The van der Waals surface area contributed by atoms with Crippen molar-refractivity contribution in [1.82, 2.24) is 10.3 Å². The Morgan fingerprint density at radius 2 is 1.91 bits per heavy atom. The highest BCUT2D eigenvalue weighted by Gasteiger charge is 2.37. The predicted molar refractivity (Wildman–Crippen MR) is 126 cm³/mol. The number of amides is 1. The first kappa shape index (κ1) is 24.8. The van der Waals surface area contributed by atoms with Crippen molar-refractivity contribution in [3.8, 4) is 11.5 Å². The summed E-state index contributed by atoms with van der Waals surface area (Å²) in [5.74, 6) is 0.395. The summed E-state index contributed by atoms with van der Waals surface area (Å²) in [6.45, 7) is 2.64. The van der Waals surface area contributed by atoms with Crippen molar-refractivity contribution in [3.05, 3.63) is 18.0 Å². The number of carbonyl (C=O) groups is 2. The predicted octanol–water partition coefficient (Wildman–Crippen LogP) is 4.00. The summed E-state index contributed by atoms with van der Waals surface area (Å²) < 4.78 is 17.3. The third-order valence-corrected chi connectivity index (χ3v) is 7.54. The average Bonchev–Trinajstić information content (AvgIpc) is 3.50. The number of nitrogens with zero attached hydrogens (tertiary/aromatic N) is 1. The number of nitrogens with one attached hydrogen (secondary N) is 1. The van der Waals surface area contributed by atoms with E-state index >= 15 is 0 Å². The smallest absolute Gasteiger partial charge is 0.329 e. The van der Waals surface area contributed by atoms with E-state index in [1.54, 1.807) is 0 Å². The molecule has 8 nitrogen and oxygen atoms in total. The van der Waals surface area contributed by atoms with Gasteiger partial charge in [-0.15, -0.1) is 0 Å². The molecule has 0 spiro atoms. The van der Waals surface area contributed by atoms with Gasteiger partial charge in [0, 0.05) is 18.9 Å². The van der Waals surface area contributed by atoms with E-state index in [0.29, 0.717) is 18.3 Å². The molecule has 1 saturated heterocycles. The Morgan fingerprint density at radius 1 is 1.15 bits per heavy atom. The summed E-state index contributed by atoms with van der Waals surface area (Å²) in [6, 6.07) is 0.658. The maximum absolute atomic E-state index is 13.1. The molecule has 2 aliphatic carbocycles. The number of esters is 1. The minimum atomic E-state index is -0.809. The Hall–Kier alpha value is -2.35. The fourth-order valence-corrected chi connectivity index (χ4v) is 5.44. The van der Waals surface area contributed by atoms with Crippen LogP contribution in [0.2, 0.25) is 0 Å². The van der Waals surface area contributed by atoms with E-state index in [9.17, 15) is 14.7 Å². The first-order valence-corrected chi connectivity index (χ1v) is 12.8. The third-order valence-electron chi connectivity index (χ3n) is 7.54. The van der Waals surface area contributed by atoms with Gasteiger partial charge in [0.1, 0.15) is 12.1 Å². The SMILES string of the molecule is COc1ccnc(C(=O)NC2CCCC(CC3CCCC3)C(OCC3CC3)C(C)OC2=O)c1O. The number of aromatic nitrogens is 1. The van der Waals surface area contributed by atoms with Gasteiger partial charge >= 0.3 is 5.97 Å². The molecule has 1 aromatic heterocycles. The normalized spacial score (nSPS) is 28.5. The molecule has 0 aromatic carbocycles. The molecule has 4 unspecified atom stereocenters. The molecular weight excluding hydrogens is 436 g/mol. The summed E-state index contributed by atoms with van der Waals surface area (Å²) in [7, 11) is 1.40. The van der Waals surface area contributed by atoms with Crippen LogP contribution in [-0.2, 0) is 14.3 Å². The molecule has 1 amide bonds. The topological polar surface area (TPSA) is 107 Å². The first-order valence-electron chi connectivity index (χ1n) is 12.8. The lowest BCUT2D eigenvalue weighted by Gasteiger charge is -2.32. The van der Waals surface area contributed by atoms with Crippen LogP contribution >= 0.6 is 0 Å². The van der Waals surface area contributed by atoms with Crippen molar-refractivity contribution in [2.24, 2.45) is 17.8 Å². The zero-order chi connectivity index (χ0) is 24.1. The third kappa shape index (κ3) is 6.20. The maximum atomic E-state index is 13.1. The molecule has 34 heavy (non-hydrogen) atoms. The maximum Gasteiger partial charge on any atom is 0.329 e. The number of carbonyl (C=O) groups excluding carboxylic acids is 2. The van der Waals surface area contributed by atoms with Crippen LogP contribution in [0.5, 0.6) is 11.5 Å². The zero-order valence-corrected chi connectivity index (χ0v) is 20.3. The van der Waals surface area contributed by atoms with E-state index in [2.05, 4.69) is 10.3 Å². The highest BCUT2D eigenvalue weighted by molar-refractivity contribution is 5.97. The Balaban J connectivity index is 1.45. The van der Waals surface area contributed by atoms with Crippen LogP contribution in [0.4, 0.5) is 0 Å². The Labute approximate surface area is 201 Å². The van der Waals surface area contributed by atoms with E-state index in [1.807, 2.05) is 6.92 Å². The fourth-order valence-electron chi connectivity index (χ4n) is 5.44. The van der Waals surface area contributed by atoms with Crippen LogP contribution in [0.25, 0.3) is 0 Å². The van der Waals surface area contributed by atoms with Gasteiger partial charge < -0.3 is 24.6 Å². The van der Waals surface area contributed by atoms with Gasteiger partial charge in [0.2, 0.25) is 0 Å². The summed E-state index contributed by atoms with van der Waals surface area (Å²) >= 11 is 0. The highest BCUT2D eigenvalue weighted by atomic mass is 16.6. The lowest BCUT2D eigenvalue weighted by molar-refractivity contribution is -0.161. The van der Waals surface area contributed by atoms with Crippen molar-refractivity contribution < 1.29 is 28.9 Å². The molecule has 2 N–H and O–H groups in total. The van der Waals surface area contributed by atoms with E-state index in [4.69, 9.17) is 14.2 Å². The van der Waals surface area contributed by atoms with Gasteiger partial charge in [-0.3, -0.25) is 4.79 Å². The zero-order valence-electron chi connectivity index (χ0n) is 20.3. The van der Waals surface area contributed by atoms with E-state index in [-0.39, 0.29) is 23.3 Å². The minimum Gasteiger partial charge on any atom is -0.503 e. The average molecular weight is 475 g/mol. The molecular formula is C26H38N2O6. The molecule has 0 radical (unpaired) electrons. The van der Waals surface area contributed by atoms with Gasteiger partial charge in [-0.05, 0) is 56.8 Å². The summed E-state index contributed by atoms with van der Waals surface area (Å²) in [6.07, 6.45) is 11.7. The first-order chi connectivity index (χ1) is 16.5. The van der Waals surface area contributed by atoms with Crippen LogP contribution in [-0.4, -0.2) is 53.9 Å². The second-order valence-corrected chi connectivity index (χ2v) is 10.2. The number of hydrogen-bond acceptors (Lipinski definition) is 7. The highest BCUT2D eigenvalue weighted by Crippen LogP contribution is 2.37. The van der Waals surface area contributed by atoms with Gasteiger partial charge in [0.15, 0.2) is 17.2 Å². The van der Waals surface area contributed by atoms with Crippen molar-refractivity contribution in [1.29, 1.82) is 0 Å². The van der Waals surface area contributed by atoms with Crippen LogP contribution < -0.4 is 10.1 Å². The number of pyridine rings is 1. The van der Waals surface area contributed by atoms with Gasteiger partial charge in [-0.25, -0.2) is 9.78 Å². The molecule has 1 aliphatic heterocycles. The summed E-state index contributed by atoms with van der Waals surface area (Å²) in [5.41, 5.74) is -0.176. The van der Waals surface area contributed by atoms with E-state index in [0.717, 1.165) is 31.8 Å². The summed E-state index contributed by atoms with van der Waals surface area (Å²) in [5, 5.41) is 13.0. The molecule has 188 valence electrons. The largest absolute Gasteiger partial charge is 0.503 e. The minimum absolute atomic E-state index is 0.122. The number of ether oxygens (including phenoxy) is 3. The lowest BCUT2D eigenvalue weighted by Crippen LogP contribution is -2.44. The number of methoxy groups -OCH3 is 1. The molecule has 1 aromatic rings. The van der Waals surface area contributed by atoms with Gasteiger partial charge in [-0.2, -0.15) is 0 Å². The molecule has 4 rings (SSSR count). The fraction of sp³-hybridized carbons (Fsp3) is 0.731. The van der Waals surface area contributed by atoms with Crippen molar-refractivity contribution in [2.45, 2.75) is 89.4 Å². The van der Waals surface area contributed by atoms with Crippen molar-refractivity contribution in [3.63, 3.8) is 0 Å². The second-order valence-electron chi connectivity index (χ2n) is 10.2. The molecule has 3 fully saturated rings. The number of cyclic esters (lactones) is 1. The molecule has 0 bridgehead atoms. The standard InChI is InChI=1S/C26H38N2O6/c1-16-24(33-15-18-10-11-18)19(14-17-6-3-4-7-17)8-5-9-20(26(31)34-16)28-25(30)22-23(29)21(32-2)12-13-27-22/h12-13,16-20,24,29H,3-11,14-15H2,1-2H3,(H,28,30). The Bertz CT molecular complexity index is 852. The molecule has 2 saturated carbocycles. The summed E-state index contributed by atoms with van der Waals surface area (Å²) in [4.78, 5) is 29.9. The van der Waals surface area contributed by atoms with E-state index in [1.165, 1.54) is 57.9 Å². The van der Waals surface area contributed by atoms with Crippen molar-refractivity contribution in [2.75, 3.05) is 13.7 Å². The van der Waals surface area contributed by atoms with Crippen LogP contribution in [0, 0.1) is 17.8 Å². The van der Waals surface area contributed by atoms with Gasteiger partial charge in [0.05, 0.1) is 13.2 Å². The van der Waals surface area contributed by atoms with Crippen molar-refractivity contribution >= 4 is 11.9 Å². The van der Waals surface area contributed by atoms with E-state index < -0.39 is 24.0 Å². The number of hydrogen-bond donors (Lipinski definition) is 2. The Morgan fingerprint density at radius 3 is 2.62 bits per heavy atom. The monoisotopic (exact) mass is 474 g/mol. The molecule has 8 heteroatoms. The van der Waals surface area contributed by atoms with Crippen LogP contribution in [0.15, 0.2) is 12.3 Å². The Kier molecular flexibility index (Phi) is 8.29. The molecule has 2 heterocycles. The quantitative estimate of drug-likeness (QED) is 0.548. The second kappa shape index (κ2) is 11.4. The van der Waals surface area contributed by atoms with Gasteiger partial charge in [0.25, 0.3) is 5.91 Å². The number of aromatic hydroxyl groups is 1.